The number of benzene rings is 2. The topological polar surface area (TPSA) is 55.1 Å². The van der Waals surface area contributed by atoms with Crippen LogP contribution in [0.15, 0.2) is 66.9 Å². The van der Waals surface area contributed by atoms with Crippen LogP contribution in [0.2, 0.25) is 0 Å². The molecule has 0 spiro atoms. The highest BCUT2D eigenvalue weighted by Gasteiger charge is 2.13. The van der Waals surface area contributed by atoms with E-state index < -0.39 is 5.97 Å². The third-order valence-electron chi connectivity index (χ3n) is 4.57. The fourth-order valence-corrected chi connectivity index (χ4v) is 3.39. The summed E-state index contributed by atoms with van der Waals surface area (Å²) in [7, 11) is 0. The summed E-state index contributed by atoms with van der Waals surface area (Å²) >= 11 is 0. The normalized spacial score (nSPS) is 11.2. The minimum Gasteiger partial charge on any atom is -0.477 e. The Morgan fingerprint density at radius 3 is 2.52 bits per heavy atom. The quantitative estimate of drug-likeness (QED) is 0.585. The first-order valence-corrected chi connectivity index (χ1v) is 8.38. The van der Waals surface area contributed by atoms with Gasteiger partial charge in [0, 0.05) is 22.8 Å². The number of carboxylic acid groups (broad SMARTS) is 1. The Hall–Kier alpha value is -3.14. The summed E-state index contributed by atoms with van der Waals surface area (Å²) in [5.41, 5.74) is 3.52. The Balaban J connectivity index is 1.72. The molecule has 2 aromatic heterocycles. The Morgan fingerprint density at radius 1 is 0.960 bits per heavy atom. The minimum atomic E-state index is -0.997. The average Bonchev–Trinajstić information content (AvgIpc) is 2.96. The van der Waals surface area contributed by atoms with Gasteiger partial charge in [0.15, 0.2) is 0 Å². The number of fused-ring (bicyclic) bond motifs is 3. The van der Waals surface area contributed by atoms with E-state index in [1.807, 2.05) is 24.3 Å². The van der Waals surface area contributed by atoms with Crippen molar-refractivity contribution in [1.29, 1.82) is 0 Å². The maximum absolute atomic E-state index is 11.2. The van der Waals surface area contributed by atoms with Gasteiger partial charge in [0.05, 0.1) is 11.7 Å². The number of pyridine rings is 1. The smallest absolute Gasteiger partial charge is 0.354 e. The molecule has 0 bridgehead atoms. The highest BCUT2D eigenvalue weighted by atomic mass is 16.4. The van der Waals surface area contributed by atoms with Gasteiger partial charge in [-0.25, -0.2) is 9.78 Å². The van der Waals surface area contributed by atoms with E-state index in [9.17, 15) is 9.90 Å². The largest absolute Gasteiger partial charge is 0.477 e. The van der Waals surface area contributed by atoms with Gasteiger partial charge in [0.2, 0.25) is 0 Å². The van der Waals surface area contributed by atoms with Crippen molar-refractivity contribution in [1.82, 2.24) is 9.55 Å². The van der Waals surface area contributed by atoms with Gasteiger partial charge >= 0.3 is 5.97 Å². The number of aryl methyl sites for hydroxylation is 2. The lowest BCUT2D eigenvalue weighted by Crippen LogP contribution is -2.02. The van der Waals surface area contributed by atoms with Gasteiger partial charge in [-0.15, -0.1) is 0 Å². The number of hydrogen-bond donors (Lipinski definition) is 1. The lowest BCUT2D eigenvalue weighted by Gasteiger charge is -2.07. The summed E-state index contributed by atoms with van der Waals surface area (Å²) in [6, 6.07) is 20.2. The molecule has 0 aliphatic rings. The summed E-state index contributed by atoms with van der Waals surface area (Å²) in [5, 5.41) is 11.2. The summed E-state index contributed by atoms with van der Waals surface area (Å²) in [6.45, 7) is 0.868. The van der Waals surface area contributed by atoms with E-state index in [1.165, 1.54) is 5.56 Å². The first-order chi connectivity index (χ1) is 12.2. The third-order valence-corrected chi connectivity index (χ3v) is 4.57. The van der Waals surface area contributed by atoms with Crippen molar-refractivity contribution in [2.45, 2.75) is 19.4 Å². The van der Waals surface area contributed by atoms with E-state index in [0.29, 0.717) is 0 Å². The summed E-state index contributed by atoms with van der Waals surface area (Å²) in [6.07, 6.45) is 3.70. The molecule has 0 atom stereocenters. The number of hydrogen-bond acceptors (Lipinski definition) is 2. The predicted molar refractivity (Wildman–Crippen MR) is 99.0 cm³/mol. The molecule has 25 heavy (non-hydrogen) atoms. The van der Waals surface area contributed by atoms with Crippen molar-refractivity contribution in [3.8, 4) is 0 Å². The molecule has 124 valence electrons. The maximum atomic E-state index is 11.2. The van der Waals surface area contributed by atoms with Crippen molar-refractivity contribution < 1.29 is 9.90 Å². The molecule has 1 N–H and O–H groups in total. The zero-order valence-electron chi connectivity index (χ0n) is 13.7. The molecule has 2 aromatic carbocycles. The monoisotopic (exact) mass is 330 g/mol. The molecule has 4 rings (SSSR count). The molecule has 0 aliphatic carbocycles. The van der Waals surface area contributed by atoms with Gasteiger partial charge in [0.25, 0.3) is 0 Å². The zero-order valence-corrected chi connectivity index (χ0v) is 13.7. The first-order valence-electron chi connectivity index (χ1n) is 8.38. The average molecular weight is 330 g/mol. The third kappa shape index (κ3) is 2.87. The second-order valence-electron chi connectivity index (χ2n) is 6.15. The molecule has 4 aromatic rings. The van der Waals surface area contributed by atoms with Gasteiger partial charge in [-0.2, -0.15) is 0 Å². The number of aromatic carboxylic acids is 1. The van der Waals surface area contributed by atoms with Crippen LogP contribution in [0, 0.1) is 0 Å². The standard InChI is InChI=1S/C21H18N2O2/c24-21(25)18-13-17-16-10-4-5-11-19(16)23(20(17)14-22-18)12-6-9-15-7-2-1-3-8-15/h1-5,7-8,10-11,13-14H,6,9,12H2,(H,24,25). The minimum absolute atomic E-state index is 0.0830. The molecule has 0 amide bonds. The van der Waals surface area contributed by atoms with E-state index in [0.717, 1.165) is 41.2 Å². The fraction of sp³-hybridized carbons (Fsp3) is 0.143. The lowest BCUT2D eigenvalue weighted by atomic mass is 10.1. The first kappa shape index (κ1) is 15.4. The summed E-state index contributed by atoms with van der Waals surface area (Å²) in [5.74, 6) is -0.997. The number of carbonyl (C=O) groups is 1. The van der Waals surface area contributed by atoms with E-state index in [4.69, 9.17) is 0 Å². The zero-order chi connectivity index (χ0) is 17.2. The van der Waals surface area contributed by atoms with Gasteiger partial charge in [-0.3, -0.25) is 0 Å². The van der Waals surface area contributed by atoms with Crippen LogP contribution in [0.25, 0.3) is 21.8 Å². The molecule has 0 radical (unpaired) electrons. The van der Waals surface area contributed by atoms with Gasteiger partial charge in [-0.05, 0) is 30.5 Å². The molecular weight excluding hydrogens is 312 g/mol. The number of aromatic nitrogens is 2. The number of para-hydroxylation sites is 1. The Morgan fingerprint density at radius 2 is 1.72 bits per heavy atom. The van der Waals surface area contributed by atoms with Crippen molar-refractivity contribution in [2.24, 2.45) is 0 Å². The lowest BCUT2D eigenvalue weighted by molar-refractivity contribution is 0.0690. The van der Waals surface area contributed by atoms with Crippen LogP contribution in [0.3, 0.4) is 0 Å². The Labute approximate surface area is 145 Å². The van der Waals surface area contributed by atoms with E-state index in [2.05, 4.69) is 39.9 Å². The van der Waals surface area contributed by atoms with Crippen LogP contribution < -0.4 is 0 Å². The highest BCUT2D eigenvalue weighted by molar-refractivity contribution is 6.09. The molecule has 4 heteroatoms. The Kier molecular flexibility index (Phi) is 3.94. The molecule has 0 aliphatic heterocycles. The summed E-state index contributed by atoms with van der Waals surface area (Å²) < 4.78 is 2.24. The van der Waals surface area contributed by atoms with Gasteiger partial charge < -0.3 is 9.67 Å². The van der Waals surface area contributed by atoms with Crippen LogP contribution in [-0.2, 0) is 13.0 Å². The predicted octanol–water partition coefficient (Wildman–Crippen LogP) is 4.52. The summed E-state index contributed by atoms with van der Waals surface area (Å²) in [4.78, 5) is 15.4. The molecule has 0 saturated heterocycles. The molecule has 0 unspecified atom stereocenters. The molecule has 4 nitrogen and oxygen atoms in total. The van der Waals surface area contributed by atoms with Crippen molar-refractivity contribution >= 4 is 27.8 Å². The molecule has 2 heterocycles. The van der Waals surface area contributed by atoms with Crippen LogP contribution in [0.5, 0.6) is 0 Å². The van der Waals surface area contributed by atoms with Crippen LogP contribution >= 0.6 is 0 Å². The van der Waals surface area contributed by atoms with Crippen molar-refractivity contribution in [2.75, 3.05) is 0 Å². The van der Waals surface area contributed by atoms with E-state index in [1.54, 1.807) is 12.3 Å². The fourth-order valence-electron chi connectivity index (χ4n) is 3.39. The molecule has 0 saturated carbocycles. The van der Waals surface area contributed by atoms with Crippen LogP contribution in [0.1, 0.15) is 22.5 Å². The Bertz CT molecular complexity index is 1050. The van der Waals surface area contributed by atoms with Crippen molar-refractivity contribution in [3.05, 3.63) is 78.1 Å². The van der Waals surface area contributed by atoms with E-state index in [-0.39, 0.29) is 5.69 Å². The second kappa shape index (κ2) is 6.40. The number of carboxylic acids is 1. The van der Waals surface area contributed by atoms with Crippen molar-refractivity contribution in [3.63, 3.8) is 0 Å². The molecular formula is C21H18N2O2. The SMILES string of the molecule is O=C(O)c1cc2c3ccccc3n(CCCc3ccccc3)c2cn1. The second-order valence-corrected chi connectivity index (χ2v) is 6.15. The van der Waals surface area contributed by atoms with Gasteiger partial charge in [-0.1, -0.05) is 48.5 Å². The number of rotatable bonds is 5. The highest BCUT2D eigenvalue weighted by Crippen LogP contribution is 2.29. The number of nitrogens with zero attached hydrogens (tertiary/aromatic N) is 2. The molecule has 0 fully saturated rings. The van der Waals surface area contributed by atoms with E-state index >= 15 is 0 Å². The van der Waals surface area contributed by atoms with Crippen LogP contribution in [-0.4, -0.2) is 20.6 Å². The van der Waals surface area contributed by atoms with Gasteiger partial charge in [0.1, 0.15) is 5.69 Å². The van der Waals surface area contributed by atoms with Crippen LogP contribution in [0.4, 0.5) is 0 Å². The maximum Gasteiger partial charge on any atom is 0.354 e.